The molecule has 2 N–H and O–H groups in total. The van der Waals surface area contributed by atoms with Crippen LogP contribution in [-0.2, 0) is 13.0 Å². The number of nitrogens with one attached hydrogen (secondary N) is 1. The number of carbonyl (C=O) groups is 1. The topological polar surface area (TPSA) is 55.8 Å². The largest absolute Gasteiger partial charge is 0.303 e. The number of carbonyl (C=O) groups excluding carboxylic acids is 1. The lowest BCUT2D eigenvalue weighted by Crippen LogP contribution is -2.49. The van der Waals surface area contributed by atoms with Gasteiger partial charge in [-0.05, 0) is 61.4 Å². The number of hydrogen-bond acceptors (Lipinski definition) is 4. The highest BCUT2D eigenvalue weighted by Crippen LogP contribution is 2.52. The van der Waals surface area contributed by atoms with Crippen LogP contribution < -0.4 is 5.48 Å². The average molecular weight is 347 g/mol. The van der Waals surface area contributed by atoms with Crippen LogP contribution in [0.25, 0.3) is 0 Å². The number of fused-ring (bicyclic) bond motifs is 2. The highest BCUT2D eigenvalue weighted by Gasteiger charge is 2.54. The molecule has 136 valence electrons. The minimum atomic E-state index is -0.663. The van der Waals surface area contributed by atoms with E-state index in [1.54, 1.807) is 11.5 Å². The lowest BCUT2D eigenvalue weighted by atomic mass is 9.69. The number of rotatable bonds is 4. The van der Waals surface area contributed by atoms with Crippen LogP contribution in [0.3, 0.4) is 0 Å². The second-order valence-corrected chi connectivity index (χ2v) is 8.19. The number of nitrogens with zero attached hydrogens (tertiary/aromatic N) is 2. The van der Waals surface area contributed by atoms with Gasteiger partial charge in [-0.2, -0.15) is 0 Å². The summed E-state index contributed by atoms with van der Waals surface area (Å²) in [5, 5.41) is 8.83. The molecule has 3 heterocycles. The van der Waals surface area contributed by atoms with Crippen molar-refractivity contribution < 1.29 is 14.4 Å². The van der Waals surface area contributed by atoms with Crippen molar-refractivity contribution in [3.63, 3.8) is 0 Å². The van der Waals surface area contributed by atoms with E-state index in [2.05, 4.69) is 23.8 Å². The fourth-order valence-electron chi connectivity index (χ4n) is 5.21. The molecule has 25 heavy (non-hydrogen) atoms. The van der Waals surface area contributed by atoms with Crippen molar-refractivity contribution >= 4 is 5.91 Å². The van der Waals surface area contributed by atoms with E-state index in [-0.39, 0.29) is 11.4 Å². The summed E-state index contributed by atoms with van der Waals surface area (Å²) in [6, 6.07) is 4.05. The van der Waals surface area contributed by atoms with Crippen LogP contribution in [0.1, 0.15) is 47.7 Å². The highest BCUT2D eigenvalue weighted by molar-refractivity contribution is 5.93. The zero-order chi connectivity index (χ0) is 17.8. The molecule has 6 heteroatoms. The van der Waals surface area contributed by atoms with Gasteiger partial charge in [0, 0.05) is 37.3 Å². The van der Waals surface area contributed by atoms with Gasteiger partial charge < -0.3 is 4.90 Å². The molecule has 1 aromatic rings. The molecular formula is C19H26FN3O2. The third-order valence-corrected chi connectivity index (χ3v) is 6.54. The summed E-state index contributed by atoms with van der Waals surface area (Å²) in [7, 11) is 2.21. The van der Waals surface area contributed by atoms with Gasteiger partial charge in [-0.1, -0.05) is 6.92 Å². The Balaban J connectivity index is 1.59. The number of hydrogen-bond donors (Lipinski definition) is 2. The summed E-state index contributed by atoms with van der Waals surface area (Å²) in [5.41, 5.74) is 3.77. The highest BCUT2D eigenvalue weighted by atomic mass is 19.1. The van der Waals surface area contributed by atoms with Crippen LogP contribution in [0.2, 0.25) is 0 Å². The quantitative estimate of drug-likeness (QED) is 0.647. The van der Waals surface area contributed by atoms with Gasteiger partial charge in [-0.25, -0.2) is 9.87 Å². The summed E-state index contributed by atoms with van der Waals surface area (Å²) in [4.78, 5) is 16.6. The summed E-state index contributed by atoms with van der Waals surface area (Å²) >= 11 is 0. The maximum absolute atomic E-state index is 14.5. The van der Waals surface area contributed by atoms with Gasteiger partial charge >= 0.3 is 0 Å². The molecule has 3 fully saturated rings. The van der Waals surface area contributed by atoms with Crippen molar-refractivity contribution in [2.75, 3.05) is 20.1 Å². The van der Waals surface area contributed by atoms with Gasteiger partial charge in [0.25, 0.3) is 5.91 Å². The van der Waals surface area contributed by atoms with Crippen molar-refractivity contribution in [1.82, 2.24) is 15.3 Å². The molecule has 5 rings (SSSR count). The first-order valence-corrected chi connectivity index (χ1v) is 9.15. The Hall–Kier alpha value is -1.50. The zero-order valence-corrected chi connectivity index (χ0v) is 14.9. The summed E-state index contributed by atoms with van der Waals surface area (Å²) in [6.45, 7) is 5.03. The van der Waals surface area contributed by atoms with E-state index in [0.717, 1.165) is 36.7 Å². The Labute approximate surface area is 147 Å². The smallest absolute Gasteiger partial charge is 0.274 e. The maximum Gasteiger partial charge on any atom is 0.274 e. The first kappa shape index (κ1) is 16.9. The first-order chi connectivity index (χ1) is 11.9. The van der Waals surface area contributed by atoms with Crippen molar-refractivity contribution in [1.29, 1.82) is 0 Å². The van der Waals surface area contributed by atoms with Gasteiger partial charge in [-0.15, -0.1) is 0 Å². The van der Waals surface area contributed by atoms with Crippen molar-refractivity contribution in [3.8, 4) is 0 Å². The molecule has 0 unspecified atom stereocenters. The normalized spacial score (nSPS) is 31.5. The molecule has 1 aliphatic carbocycles. The molecule has 3 aliphatic heterocycles. The molecule has 0 spiro atoms. The van der Waals surface area contributed by atoms with Gasteiger partial charge in [0.05, 0.1) is 0 Å². The van der Waals surface area contributed by atoms with Crippen molar-refractivity contribution in [3.05, 3.63) is 34.6 Å². The molecule has 0 aromatic heterocycles. The molecule has 1 aromatic carbocycles. The number of benzene rings is 1. The van der Waals surface area contributed by atoms with E-state index in [0.29, 0.717) is 24.4 Å². The molecule has 1 atom stereocenters. The summed E-state index contributed by atoms with van der Waals surface area (Å²) in [5.74, 6) is -1.000. The van der Waals surface area contributed by atoms with Gasteiger partial charge in [0.1, 0.15) is 5.82 Å². The molecule has 1 saturated carbocycles. The Morgan fingerprint density at radius 2 is 2.20 bits per heavy atom. The molecule has 5 nitrogen and oxygen atoms in total. The molecule has 1 amide bonds. The third kappa shape index (κ3) is 2.76. The van der Waals surface area contributed by atoms with Gasteiger partial charge in [0.15, 0.2) is 0 Å². The Morgan fingerprint density at radius 1 is 1.44 bits per heavy atom. The molecular weight excluding hydrogens is 321 g/mol. The molecule has 2 bridgehead atoms. The lowest BCUT2D eigenvalue weighted by Gasteiger charge is -2.45. The van der Waals surface area contributed by atoms with E-state index in [9.17, 15) is 9.18 Å². The minimum Gasteiger partial charge on any atom is -0.303 e. The van der Waals surface area contributed by atoms with Crippen LogP contribution in [0.15, 0.2) is 12.1 Å². The predicted molar refractivity (Wildman–Crippen MR) is 91.9 cm³/mol. The van der Waals surface area contributed by atoms with Crippen LogP contribution in [0.4, 0.5) is 4.39 Å². The fourth-order valence-corrected chi connectivity index (χ4v) is 5.21. The van der Waals surface area contributed by atoms with E-state index in [4.69, 9.17) is 5.21 Å². The predicted octanol–water partition coefficient (Wildman–Crippen LogP) is 2.18. The fraction of sp³-hybridized carbons (Fsp3) is 0.632. The van der Waals surface area contributed by atoms with Crippen LogP contribution in [0.5, 0.6) is 0 Å². The summed E-state index contributed by atoms with van der Waals surface area (Å²) in [6.07, 6.45) is 4.22. The Kier molecular flexibility index (Phi) is 4.09. The number of hydroxylamine groups is 1. The standard InChI is InChI=1S/C19H26FN3O2/c1-3-14-6-16-13(4-12(5-17(16)20)18(24)21-25)9-23(14)11-19-7-15(8-19)22(2)10-19/h4-5,14-15,25H,3,6-11H2,1-2H3,(H,21,24)/t14-,15?,19?/m1/s1. The van der Waals surface area contributed by atoms with Crippen molar-refractivity contribution in [2.24, 2.45) is 5.41 Å². The lowest BCUT2D eigenvalue weighted by molar-refractivity contribution is 0.0620. The van der Waals surface area contributed by atoms with E-state index in [1.165, 1.54) is 18.9 Å². The Bertz CT molecular complexity index is 702. The maximum atomic E-state index is 14.5. The van der Waals surface area contributed by atoms with E-state index in [1.807, 2.05) is 0 Å². The number of halogens is 1. The number of amides is 1. The van der Waals surface area contributed by atoms with Crippen LogP contribution in [0, 0.1) is 11.2 Å². The van der Waals surface area contributed by atoms with Gasteiger partial charge in [-0.3, -0.25) is 14.9 Å². The zero-order valence-electron chi connectivity index (χ0n) is 14.9. The first-order valence-electron chi connectivity index (χ1n) is 9.15. The van der Waals surface area contributed by atoms with E-state index >= 15 is 0 Å². The Morgan fingerprint density at radius 3 is 2.80 bits per heavy atom. The van der Waals surface area contributed by atoms with Crippen molar-refractivity contribution in [2.45, 2.75) is 51.2 Å². The minimum absolute atomic E-state index is 0.177. The molecule has 2 saturated heterocycles. The average Bonchev–Trinajstić information content (AvgIpc) is 3.04. The summed E-state index contributed by atoms with van der Waals surface area (Å²) < 4.78 is 14.5. The second kappa shape index (κ2) is 6.04. The molecule has 4 aliphatic rings. The van der Waals surface area contributed by atoms with Crippen LogP contribution in [-0.4, -0.2) is 53.1 Å². The SMILES string of the molecule is CC[C@@H]1Cc2c(F)cc(C(=O)NO)cc2CN1CC12CC(C1)N(C)C2. The van der Waals surface area contributed by atoms with E-state index < -0.39 is 5.91 Å². The molecule has 0 radical (unpaired) electrons. The third-order valence-electron chi connectivity index (χ3n) is 6.54. The van der Waals surface area contributed by atoms with Crippen LogP contribution >= 0.6 is 0 Å². The van der Waals surface area contributed by atoms with Gasteiger partial charge in [0.2, 0.25) is 0 Å². The monoisotopic (exact) mass is 347 g/mol. The second-order valence-electron chi connectivity index (χ2n) is 8.19.